The number of hydrogen-bond acceptors (Lipinski definition) is 7. The molecule has 1 saturated heterocycles. The van der Waals surface area contributed by atoms with Crippen LogP contribution in [0.3, 0.4) is 0 Å². The number of benzene rings is 2. The molecule has 0 radical (unpaired) electrons. The molecule has 4 rings (SSSR count). The first kappa shape index (κ1) is 26.8. The summed E-state index contributed by atoms with van der Waals surface area (Å²) < 4.78 is 45.8. The minimum absolute atomic E-state index is 0.0108. The number of piperidine rings is 1. The molecule has 196 valence electrons. The van der Waals surface area contributed by atoms with Gasteiger partial charge in [-0.1, -0.05) is 30.2 Å². The molecule has 2 aromatic rings. The van der Waals surface area contributed by atoms with E-state index in [-0.39, 0.29) is 39.5 Å². The van der Waals surface area contributed by atoms with Crippen LogP contribution in [0.5, 0.6) is 0 Å². The number of rotatable bonds is 9. The number of nitrogens with one attached hydrogen (secondary N) is 1. The van der Waals surface area contributed by atoms with Gasteiger partial charge in [0.1, 0.15) is 6.04 Å². The maximum Gasteiger partial charge on any atom is 0.294 e. The molecule has 37 heavy (non-hydrogen) atoms. The van der Waals surface area contributed by atoms with Crippen LogP contribution < -0.4 is 5.32 Å². The molecular weight excluding hydrogens is 520 g/mol. The lowest BCUT2D eigenvalue weighted by atomic mass is 10.0. The van der Waals surface area contributed by atoms with Crippen molar-refractivity contribution in [3.05, 3.63) is 58.7 Å². The summed E-state index contributed by atoms with van der Waals surface area (Å²) in [6.07, 6.45) is 2.19. The first-order chi connectivity index (χ1) is 17.5. The van der Waals surface area contributed by atoms with Gasteiger partial charge in [0.25, 0.3) is 21.9 Å². The van der Waals surface area contributed by atoms with Crippen molar-refractivity contribution in [3.8, 4) is 0 Å². The minimum Gasteiger partial charge on any atom is -0.295 e. The smallest absolute Gasteiger partial charge is 0.294 e. The molecule has 2 unspecified atom stereocenters. The van der Waals surface area contributed by atoms with Gasteiger partial charge < -0.3 is 0 Å². The van der Waals surface area contributed by atoms with Crippen molar-refractivity contribution in [2.75, 3.05) is 5.75 Å². The molecule has 12 heteroatoms. The summed E-state index contributed by atoms with van der Waals surface area (Å²) in [6, 6.07) is 8.13. The van der Waals surface area contributed by atoms with Crippen LogP contribution in [0.25, 0.3) is 0 Å². The first-order valence-corrected chi connectivity index (χ1v) is 14.5. The molecule has 2 aliphatic rings. The van der Waals surface area contributed by atoms with E-state index in [1.54, 1.807) is 18.2 Å². The second-order valence-electron chi connectivity index (χ2n) is 9.07. The largest absolute Gasteiger partial charge is 0.295 e. The van der Waals surface area contributed by atoms with Crippen molar-refractivity contribution in [2.24, 2.45) is 0 Å². The fourth-order valence-electron chi connectivity index (χ4n) is 4.66. The molecule has 2 atom stereocenters. The van der Waals surface area contributed by atoms with Crippen molar-refractivity contribution in [1.29, 1.82) is 0 Å². The molecule has 0 aliphatic carbocycles. The summed E-state index contributed by atoms with van der Waals surface area (Å²) in [5.41, 5.74) is 1.49. The summed E-state index contributed by atoms with van der Waals surface area (Å²) in [4.78, 5) is 50.8. The molecular formula is C25H26N2O8S2. The van der Waals surface area contributed by atoms with Gasteiger partial charge in [-0.2, -0.15) is 8.42 Å². The van der Waals surface area contributed by atoms with E-state index in [1.807, 2.05) is 6.92 Å². The third-order valence-corrected chi connectivity index (χ3v) is 8.89. The second kappa shape index (κ2) is 10.6. The maximum atomic E-state index is 13.2. The lowest BCUT2D eigenvalue weighted by Crippen LogP contribution is -2.54. The molecule has 2 heterocycles. The quantitative estimate of drug-likeness (QED) is 0.275. The Hall–Kier alpha value is -3.22. The van der Waals surface area contributed by atoms with Crippen molar-refractivity contribution >= 4 is 44.5 Å². The molecule has 0 bridgehead atoms. The summed E-state index contributed by atoms with van der Waals surface area (Å²) in [6.45, 7) is 1.83. The van der Waals surface area contributed by atoms with Crippen LogP contribution >= 0.6 is 0 Å². The van der Waals surface area contributed by atoms with E-state index >= 15 is 0 Å². The summed E-state index contributed by atoms with van der Waals surface area (Å²) in [7, 11) is -5.93. The van der Waals surface area contributed by atoms with E-state index in [0.717, 1.165) is 10.5 Å². The van der Waals surface area contributed by atoms with E-state index in [0.29, 0.717) is 31.2 Å². The van der Waals surface area contributed by atoms with Gasteiger partial charge >= 0.3 is 0 Å². The molecule has 0 saturated carbocycles. The number of carbonyl (C=O) groups is 4. The predicted molar refractivity (Wildman–Crippen MR) is 133 cm³/mol. The van der Waals surface area contributed by atoms with Gasteiger partial charge in [0.05, 0.1) is 31.7 Å². The fraction of sp³-hybridized carbons (Fsp3) is 0.360. The summed E-state index contributed by atoms with van der Waals surface area (Å²) in [5, 5.41) is 2.15. The van der Waals surface area contributed by atoms with Crippen molar-refractivity contribution in [1.82, 2.24) is 10.2 Å². The summed E-state index contributed by atoms with van der Waals surface area (Å²) >= 11 is 0. The van der Waals surface area contributed by atoms with Crippen LogP contribution in [0.15, 0.2) is 46.2 Å². The fourth-order valence-corrected chi connectivity index (χ4v) is 6.74. The Kier molecular flexibility index (Phi) is 7.72. The van der Waals surface area contributed by atoms with Gasteiger partial charge in [-0.25, -0.2) is 0 Å². The zero-order chi connectivity index (χ0) is 26.9. The highest BCUT2D eigenvalue weighted by Gasteiger charge is 2.46. The molecule has 0 spiro atoms. The van der Waals surface area contributed by atoms with Crippen LogP contribution in [0.4, 0.5) is 0 Å². The average molecular weight is 547 g/mol. The number of imide groups is 2. The molecule has 4 amide bonds. The van der Waals surface area contributed by atoms with Crippen LogP contribution in [0.1, 0.15) is 63.9 Å². The molecule has 10 nitrogen and oxygen atoms in total. The monoisotopic (exact) mass is 546 g/mol. The minimum atomic E-state index is -4.33. The number of fused-ring (bicyclic) bond motifs is 1. The summed E-state index contributed by atoms with van der Waals surface area (Å²) in [5.74, 6) is -2.30. The molecule has 2 aliphatic heterocycles. The Bertz CT molecular complexity index is 1430. The average Bonchev–Trinajstić information content (AvgIpc) is 3.08. The number of carbonyl (C=O) groups excluding carboxylic acids is 4. The molecule has 0 aromatic heterocycles. The lowest BCUT2D eigenvalue weighted by molar-refractivity contribution is -0.136. The number of hydrogen-bond donors (Lipinski definition) is 2. The topological polar surface area (TPSA) is 155 Å². The van der Waals surface area contributed by atoms with E-state index in [2.05, 4.69) is 5.32 Å². The Morgan fingerprint density at radius 2 is 1.81 bits per heavy atom. The SMILES string of the molecule is Cc1ccc(S(=O)(=O)O)c(CCCCCS(=O)c2cccc3c2C(=O)N(C2CCC(=O)NC2=O)C3=O)c1. The Labute approximate surface area is 216 Å². The van der Waals surface area contributed by atoms with Gasteiger partial charge in [-0.3, -0.25) is 38.2 Å². The van der Waals surface area contributed by atoms with Gasteiger partial charge in [0.15, 0.2) is 0 Å². The lowest BCUT2D eigenvalue weighted by Gasteiger charge is -2.27. The predicted octanol–water partition coefficient (Wildman–Crippen LogP) is 2.16. The maximum absolute atomic E-state index is 13.2. The number of aryl methyl sites for hydroxylation is 2. The highest BCUT2D eigenvalue weighted by Crippen LogP contribution is 2.31. The van der Waals surface area contributed by atoms with Crippen molar-refractivity contribution in [3.63, 3.8) is 0 Å². The molecule has 2 aromatic carbocycles. The number of unbranched alkanes of at least 4 members (excludes halogenated alkanes) is 2. The molecule has 1 fully saturated rings. The Morgan fingerprint density at radius 3 is 2.51 bits per heavy atom. The zero-order valence-corrected chi connectivity index (χ0v) is 21.7. The van der Waals surface area contributed by atoms with Crippen LogP contribution in [0, 0.1) is 6.92 Å². The first-order valence-electron chi connectivity index (χ1n) is 11.8. The third-order valence-electron chi connectivity index (χ3n) is 6.44. The molecule has 2 N–H and O–H groups in total. The zero-order valence-electron chi connectivity index (χ0n) is 20.1. The standard InChI is InChI=1S/C25H26N2O8S2/c1-15-9-11-20(37(33,34)35)16(14-15)6-3-2-4-13-36(32)19-8-5-7-17-22(19)25(31)27(24(17)30)18-10-12-21(28)26-23(18)29/h5,7-9,11,14,18H,2-4,6,10,12-13H2,1H3,(H,26,28,29)(H,33,34,35). The van der Waals surface area contributed by atoms with Gasteiger partial charge in [0, 0.05) is 12.2 Å². The van der Waals surface area contributed by atoms with Crippen molar-refractivity contribution < 1.29 is 36.4 Å². The highest BCUT2D eigenvalue weighted by molar-refractivity contribution is 7.86. The van der Waals surface area contributed by atoms with E-state index < -0.39 is 50.6 Å². The highest BCUT2D eigenvalue weighted by atomic mass is 32.2. The van der Waals surface area contributed by atoms with E-state index in [4.69, 9.17) is 0 Å². The van der Waals surface area contributed by atoms with E-state index in [1.165, 1.54) is 18.2 Å². The second-order valence-corrected chi connectivity index (χ2v) is 12.0. The Balaban J connectivity index is 1.40. The van der Waals surface area contributed by atoms with Gasteiger partial charge in [0.2, 0.25) is 11.8 Å². The van der Waals surface area contributed by atoms with Gasteiger partial charge in [-0.05, 0) is 56.4 Å². The van der Waals surface area contributed by atoms with E-state index in [9.17, 15) is 36.4 Å². The van der Waals surface area contributed by atoms with Crippen LogP contribution in [0.2, 0.25) is 0 Å². The van der Waals surface area contributed by atoms with Crippen molar-refractivity contribution in [2.45, 2.75) is 61.3 Å². The Morgan fingerprint density at radius 1 is 1.05 bits per heavy atom. The number of nitrogens with zero attached hydrogens (tertiary/aromatic N) is 1. The number of amides is 4. The van der Waals surface area contributed by atoms with Crippen LogP contribution in [-0.4, -0.2) is 57.5 Å². The normalized spacial score (nSPS) is 18.6. The van der Waals surface area contributed by atoms with Gasteiger partial charge in [-0.15, -0.1) is 0 Å². The van der Waals surface area contributed by atoms with Crippen LogP contribution in [-0.2, 0) is 36.9 Å². The third kappa shape index (κ3) is 5.55.